The molecular formula is C23H41NTi. The molecule has 142 valence electrons. The molecule has 3 aliphatic rings. The van der Waals surface area contributed by atoms with E-state index in [-0.39, 0.29) is 49.5 Å². The standard InChI is InChI=1S/C20H32N.3CH3.Ti/c1-13-9-16-15(18(13)12-21-19(2,3)4)8-7-14-10-20(5,6)11-17(14)16;;;;/h7-8,13,15-16,18H,9-12H2,1-6H3;3*1H3;/q4*-1;+4. The van der Waals surface area contributed by atoms with Gasteiger partial charge in [-0.3, -0.25) is 0 Å². The second-order valence-corrected chi connectivity index (χ2v) is 9.50. The SMILES string of the molecule is CC1CC2C3=C(C=CC2C1C[N-]C(C)(C)C)CC(C)(C)C3.[CH3-].[CH3-].[CH3-].[Ti+4]. The Balaban J connectivity index is 0. The van der Waals surface area contributed by atoms with Crippen molar-refractivity contribution in [3.63, 3.8) is 0 Å². The number of rotatable bonds is 2. The average Bonchev–Trinajstić information content (AvgIpc) is 2.80. The van der Waals surface area contributed by atoms with Crippen molar-refractivity contribution in [3.05, 3.63) is 50.9 Å². The van der Waals surface area contributed by atoms with Gasteiger partial charge in [0.15, 0.2) is 0 Å². The van der Waals surface area contributed by atoms with Crippen molar-refractivity contribution in [1.82, 2.24) is 0 Å². The van der Waals surface area contributed by atoms with Crippen LogP contribution in [0.15, 0.2) is 23.3 Å². The minimum atomic E-state index is 0. The maximum atomic E-state index is 4.94. The third-order valence-electron chi connectivity index (χ3n) is 5.81. The molecule has 3 rings (SSSR count). The van der Waals surface area contributed by atoms with E-state index in [1.54, 1.807) is 11.1 Å². The van der Waals surface area contributed by atoms with Crippen LogP contribution >= 0.6 is 0 Å². The molecule has 0 N–H and O–H groups in total. The van der Waals surface area contributed by atoms with Crippen LogP contribution in [0.25, 0.3) is 5.32 Å². The van der Waals surface area contributed by atoms with Crippen molar-refractivity contribution in [3.8, 4) is 0 Å². The summed E-state index contributed by atoms with van der Waals surface area (Å²) < 4.78 is 0. The fourth-order valence-electron chi connectivity index (χ4n) is 4.83. The van der Waals surface area contributed by atoms with Crippen LogP contribution in [0, 0.1) is 51.4 Å². The molecule has 1 fully saturated rings. The van der Waals surface area contributed by atoms with E-state index in [0.717, 1.165) is 30.2 Å². The van der Waals surface area contributed by atoms with E-state index < -0.39 is 0 Å². The topological polar surface area (TPSA) is 14.1 Å². The van der Waals surface area contributed by atoms with Gasteiger partial charge in [-0.2, -0.15) is 0 Å². The summed E-state index contributed by atoms with van der Waals surface area (Å²) in [7, 11) is 0. The van der Waals surface area contributed by atoms with E-state index in [9.17, 15) is 0 Å². The number of hydrogen-bond donors (Lipinski definition) is 0. The van der Waals surface area contributed by atoms with Crippen molar-refractivity contribution in [2.45, 2.75) is 66.3 Å². The summed E-state index contributed by atoms with van der Waals surface area (Å²) in [4.78, 5) is 0. The molecule has 2 heteroatoms. The summed E-state index contributed by atoms with van der Waals surface area (Å²) in [5.41, 5.74) is 4.07. The van der Waals surface area contributed by atoms with Gasteiger partial charge in [0, 0.05) is 0 Å². The summed E-state index contributed by atoms with van der Waals surface area (Å²) in [6.45, 7) is 15.0. The molecule has 0 aromatic rings. The maximum absolute atomic E-state index is 4.94. The number of allylic oxidation sites excluding steroid dienone is 4. The first-order chi connectivity index (χ1) is 9.66. The average molecular weight is 379 g/mol. The van der Waals surface area contributed by atoms with Gasteiger partial charge in [-0.05, 0) is 48.0 Å². The first-order valence-corrected chi connectivity index (χ1v) is 8.75. The van der Waals surface area contributed by atoms with E-state index in [2.05, 4.69) is 53.7 Å². The first-order valence-electron chi connectivity index (χ1n) is 8.75. The molecule has 0 aromatic carbocycles. The van der Waals surface area contributed by atoms with Crippen molar-refractivity contribution in [2.75, 3.05) is 6.54 Å². The first kappa shape index (κ1) is 27.4. The van der Waals surface area contributed by atoms with E-state index >= 15 is 0 Å². The van der Waals surface area contributed by atoms with Crippen molar-refractivity contribution < 1.29 is 21.7 Å². The van der Waals surface area contributed by atoms with Crippen LogP contribution in [-0.2, 0) is 21.7 Å². The molecule has 0 spiro atoms. The Morgan fingerprint density at radius 2 is 1.72 bits per heavy atom. The van der Waals surface area contributed by atoms with Crippen molar-refractivity contribution in [1.29, 1.82) is 0 Å². The van der Waals surface area contributed by atoms with E-state index in [1.165, 1.54) is 19.3 Å². The zero-order valence-corrected chi connectivity index (χ0v) is 19.8. The van der Waals surface area contributed by atoms with Crippen LogP contribution in [-0.4, -0.2) is 12.1 Å². The zero-order chi connectivity index (χ0) is 15.4. The molecule has 1 saturated carbocycles. The fraction of sp³-hybridized carbons (Fsp3) is 0.696. The van der Waals surface area contributed by atoms with E-state index in [0.29, 0.717) is 5.41 Å². The second kappa shape index (κ2) is 9.38. The molecule has 0 amide bonds. The second-order valence-electron chi connectivity index (χ2n) is 9.50. The molecule has 0 saturated heterocycles. The van der Waals surface area contributed by atoms with Crippen LogP contribution in [0.3, 0.4) is 0 Å². The van der Waals surface area contributed by atoms with Gasteiger partial charge in [0.1, 0.15) is 0 Å². The molecule has 3 aliphatic carbocycles. The monoisotopic (exact) mass is 379 g/mol. The predicted molar refractivity (Wildman–Crippen MR) is 111 cm³/mol. The fourth-order valence-corrected chi connectivity index (χ4v) is 4.83. The van der Waals surface area contributed by atoms with Gasteiger partial charge < -0.3 is 27.6 Å². The summed E-state index contributed by atoms with van der Waals surface area (Å²) in [5.74, 6) is 3.13. The Labute approximate surface area is 174 Å². The van der Waals surface area contributed by atoms with Crippen LogP contribution < -0.4 is 0 Å². The van der Waals surface area contributed by atoms with Gasteiger partial charge >= 0.3 is 21.7 Å². The molecule has 0 radical (unpaired) electrons. The summed E-state index contributed by atoms with van der Waals surface area (Å²) >= 11 is 0. The Morgan fingerprint density at radius 1 is 1.12 bits per heavy atom. The Kier molecular flexibility index (Phi) is 10.3. The number of fused-ring (bicyclic) bond motifs is 2. The molecule has 25 heavy (non-hydrogen) atoms. The third-order valence-corrected chi connectivity index (χ3v) is 5.81. The van der Waals surface area contributed by atoms with Gasteiger partial charge in [0.25, 0.3) is 0 Å². The summed E-state index contributed by atoms with van der Waals surface area (Å²) in [5, 5.41) is 4.94. The molecular weight excluding hydrogens is 338 g/mol. The minimum Gasteiger partial charge on any atom is -0.657 e. The normalized spacial score (nSPS) is 31.8. The quantitative estimate of drug-likeness (QED) is 0.359. The largest absolute Gasteiger partial charge is 4.00 e. The summed E-state index contributed by atoms with van der Waals surface area (Å²) in [6, 6.07) is 0. The van der Waals surface area contributed by atoms with Crippen molar-refractivity contribution >= 4 is 0 Å². The van der Waals surface area contributed by atoms with E-state index in [4.69, 9.17) is 5.32 Å². The Bertz CT molecular complexity index is 481. The van der Waals surface area contributed by atoms with Gasteiger partial charge in [-0.1, -0.05) is 65.2 Å². The molecule has 1 nitrogen and oxygen atoms in total. The Hall–Kier alpha value is 0.154. The molecule has 0 aromatic heterocycles. The zero-order valence-electron chi connectivity index (χ0n) is 18.2. The van der Waals surface area contributed by atoms with Gasteiger partial charge in [-0.15, -0.1) is 12.1 Å². The van der Waals surface area contributed by atoms with Crippen LogP contribution in [0.2, 0.25) is 0 Å². The summed E-state index contributed by atoms with van der Waals surface area (Å²) in [6.07, 6.45) is 9.00. The van der Waals surface area contributed by atoms with Gasteiger partial charge in [0.2, 0.25) is 0 Å². The predicted octanol–water partition coefficient (Wildman–Crippen LogP) is 7.08. The minimum absolute atomic E-state index is 0. The van der Waals surface area contributed by atoms with Crippen LogP contribution in [0.5, 0.6) is 0 Å². The molecule has 4 unspecified atom stereocenters. The van der Waals surface area contributed by atoms with E-state index in [1.807, 2.05) is 0 Å². The van der Waals surface area contributed by atoms with Gasteiger partial charge in [-0.25, -0.2) is 0 Å². The number of nitrogens with zero attached hydrogens (tertiary/aromatic N) is 1. The van der Waals surface area contributed by atoms with Crippen molar-refractivity contribution in [2.24, 2.45) is 29.1 Å². The number of hydrogen-bond acceptors (Lipinski definition) is 0. The molecule has 0 heterocycles. The molecule has 4 atom stereocenters. The molecule has 0 aliphatic heterocycles. The van der Waals surface area contributed by atoms with Crippen LogP contribution in [0.4, 0.5) is 0 Å². The smallest absolute Gasteiger partial charge is 0.657 e. The third kappa shape index (κ3) is 5.81. The van der Waals surface area contributed by atoms with Gasteiger partial charge in [0.05, 0.1) is 0 Å². The van der Waals surface area contributed by atoms with Crippen LogP contribution in [0.1, 0.15) is 60.8 Å². The maximum Gasteiger partial charge on any atom is 4.00 e. The molecule has 0 bridgehead atoms. The Morgan fingerprint density at radius 3 is 2.28 bits per heavy atom.